The first-order valence-electron chi connectivity index (χ1n) is 7.39. The molecule has 0 fully saturated rings. The first-order valence-corrected chi connectivity index (χ1v) is 8.20. The highest BCUT2D eigenvalue weighted by Gasteiger charge is 2.11. The van der Waals surface area contributed by atoms with E-state index in [4.69, 9.17) is 4.98 Å². The third-order valence-electron chi connectivity index (χ3n) is 3.43. The molecule has 0 unspecified atom stereocenters. The monoisotopic (exact) mass is 288 g/mol. The maximum Gasteiger partial charge on any atom is 0.123 e. The van der Waals surface area contributed by atoms with Gasteiger partial charge in [-0.25, -0.2) is 4.98 Å². The fraction of sp³-hybridized carbons (Fsp3) is 0.471. The first kappa shape index (κ1) is 15.2. The number of nitrogens with one attached hydrogen (secondary N) is 1. The SMILES string of the molecule is CCCc1nc(-c2ccc(C(C)C)cc2)sc1CNC. The summed E-state index contributed by atoms with van der Waals surface area (Å²) in [6.45, 7) is 7.57. The quantitative estimate of drug-likeness (QED) is 0.840. The van der Waals surface area contributed by atoms with Gasteiger partial charge in [0.25, 0.3) is 0 Å². The smallest absolute Gasteiger partial charge is 0.123 e. The molecule has 2 aromatic rings. The van der Waals surface area contributed by atoms with Crippen LogP contribution in [0.2, 0.25) is 0 Å². The molecular formula is C17H24N2S. The third-order valence-corrected chi connectivity index (χ3v) is 4.57. The molecule has 3 heteroatoms. The normalized spacial score (nSPS) is 11.2. The van der Waals surface area contributed by atoms with E-state index >= 15 is 0 Å². The average molecular weight is 288 g/mol. The predicted molar refractivity (Wildman–Crippen MR) is 88.4 cm³/mol. The van der Waals surface area contributed by atoms with E-state index in [9.17, 15) is 0 Å². The number of benzene rings is 1. The van der Waals surface area contributed by atoms with Crippen molar-refractivity contribution in [1.82, 2.24) is 10.3 Å². The number of rotatable bonds is 6. The Morgan fingerprint density at radius 1 is 1.20 bits per heavy atom. The molecule has 1 N–H and O–H groups in total. The lowest BCUT2D eigenvalue weighted by molar-refractivity contribution is 0.798. The van der Waals surface area contributed by atoms with Crippen molar-refractivity contribution < 1.29 is 0 Å². The van der Waals surface area contributed by atoms with E-state index in [1.807, 2.05) is 18.4 Å². The van der Waals surface area contributed by atoms with Gasteiger partial charge >= 0.3 is 0 Å². The molecule has 0 bridgehead atoms. The van der Waals surface area contributed by atoms with Crippen molar-refractivity contribution in [2.24, 2.45) is 0 Å². The van der Waals surface area contributed by atoms with E-state index in [1.165, 1.54) is 21.7 Å². The van der Waals surface area contributed by atoms with Gasteiger partial charge in [0, 0.05) is 17.0 Å². The van der Waals surface area contributed by atoms with Gasteiger partial charge in [-0.2, -0.15) is 0 Å². The molecule has 2 nitrogen and oxygen atoms in total. The van der Waals surface area contributed by atoms with E-state index in [2.05, 4.69) is 50.4 Å². The Labute approximate surface area is 126 Å². The van der Waals surface area contributed by atoms with E-state index < -0.39 is 0 Å². The topological polar surface area (TPSA) is 24.9 Å². The largest absolute Gasteiger partial charge is 0.315 e. The molecule has 0 amide bonds. The number of aryl methyl sites for hydroxylation is 1. The van der Waals surface area contributed by atoms with Crippen LogP contribution in [-0.2, 0) is 13.0 Å². The van der Waals surface area contributed by atoms with Crippen LogP contribution in [0.15, 0.2) is 24.3 Å². The Morgan fingerprint density at radius 2 is 1.90 bits per heavy atom. The van der Waals surface area contributed by atoms with Gasteiger partial charge in [-0.1, -0.05) is 51.5 Å². The zero-order valence-corrected chi connectivity index (χ0v) is 13.7. The summed E-state index contributed by atoms with van der Waals surface area (Å²) in [4.78, 5) is 6.21. The van der Waals surface area contributed by atoms with Gasteiger partial charge < -0.3 is 5.32 Å². The minimum absolute atomic E-state index is 0.579. The van der Waals surface area contributed by atoms with Crippen LogP contribution >= 0.6 is 11.3 Å². The van der Waals surface area contributed by atoms with Crippen molar-refractivity contribution in [3.63, 3.8) is 0 Å². The maximum atomic E-state index is 4.84. The van der Waals surface area contributed by atoms with Crippen LogP contribution in [0.4, 0.5) is 0 Å². The summed E-state index contributed by atoms with van der Waals surface area (Å²) < 4.78 is 0. The fourth-order valence-corrected chi connectivity index (χ4v) is 3.37. The lowest BCUT2D eigenvalue weighted by Gasteiger charge is -2.05. The van der Waals surface area contributed by atoms with Crippen molar-refractivity contribution in [2.75, 3.05) is 7.05 Å². The van der Waals surface area contributed by atoms with E-state index in [-0.39, 0.29) is 0 Å². The van der Waals surface area contributed by atoms with Crippen molar-refractivity contribution in [3.8, 4) is 10.6 Å². The zero-order valence-electron chi connectivity index (χ0n) is 12.9. The van der Waals surface area contributed by atoms with Crippen molar-refractivity contribution >= 4 is 11.3 Å². The molecule has 1 aromatic carbocycles. The van der Waals surface area contributed by atoms with E-state index in [0.29, 0.717) is 5.92 Å². The molecule has 0 aliphatic rings. The van der Waals surface area contributed by atoms with Gasteiger partial charge in [0.05, 0.1) is 5.69 Å². The van der Waals surface area contributed by atoms with Crippen LogP contribution in [-0.4, -0.2) is 12.0 Å². The Balaban J connectivity index is 2.29. The Kier molecular flexibility index (Phi) is 5.32. The number of nitrogens with zero attached hydrogens (tertiary/aromatic N) is 1. The van der Waals surface area contributed by atoms with Gasteiger partial charge in [-0.05, 0) is 24.9 Å². The lowest BCUT2D eigenvalue weighted by Crippen LogP contribution is -2.05. The summed E-state index contributed by atoms with van der Waals surface area (Å²) in [6, 6.07) is 8.84. The molecule has 2 rings (SSSR count). The molecule has 1 heterocycles. The molecule has 0 saturated heterocycles. The molecule has 0 aliphatic heterocycles. The average Bonchev–Trinajstić information content (AvgIpc) is 2.83. The summed E-state index contributed by atoms with van der Waals surface area (Å²) in [5, 5.41) is 4.39. The van der Waals surface area contributed by atoms with Crippen LogP contribution in [0.1, 0.15) is 49.2 Å². The molecule has 0 atom stereocenters. The Bertz CT molecular complexity index is 517. The standard InChI is InChI=1S/C17H24N2S/c1-5-6-15-16(11-18-4)20-17(19-15)14-9-7-13(8-10-14)12(2)3/h7-10,12,18H,5-6,11H2,1-4H3. The fourth-order valence-electron chi connectivity index (χ4n) is 2.25. The van der Waals surface area contributed by atoms with Crippen molar-refractivity contribution in [1.29, 1.82) is 0 Å². The minimum Gasteiger partial charge on any atom is -0.315 e. The number of hydrogen-bond donors (Lipinski definition) is 1. The van der Waals surface area contributed by atoms with Crippen molar-refractivity contribution in [2.45, 2.75) is 46.1 Å². The predicted octanol–water partition coefficient (Wildman–Crippen LogP) is 4.61. The van der Waals surface area contributed by atoms with Crippen molar-refractivity contribution in [3.05, 3.63) is 40.4 Å². The number of hydrogen-bond acceptors (Lipinski definition) is 3. The van der Waals surface area contributed by atoms with Crippen LogP contribution in [0.3, 0.4) is 0 Å². The van der Waals surface area contributed by atoms with Crippen LogP contribution < -0.4 is 5.32 Å². The molecule has 0 spiro atoms. The molecule has 108 valence electrons. The summed E-state index contributed by atoms with van der Waals surface area (Å²) in [5.41, 5.74) is 3.88. The highest BCUT2D eigenvalue weighted by atomic mass is 32.1. The first-order chi connectivity index (χ1) is 9.65. The highest BCUT2D eigenvalue weighted by Crippen LogP contribution is 2.30. The second-order valence-electron chi connectivity index (χ2n) is 5.45. The zero-order chi connectivity index (χ0) is 14.5. The molecule has 1 aromatic heterocycles. The van der Waals surface area contributed by atoms with Gasteiger partial charge in [-0.3, -0.25) is 0 Å². The van der Waals surface area contributed by atoms with Crippen LogP contribution in [0, 0.1) is 0 Å². The second kappa shape index (κ2) is 7.00. The van der Waals surface area contributed by atoms with Gasteiger partial charge in [0.1, 0.15) is 5.01 Å². The molecule has 0 aliphatic carbocycles. The highest BCUT2D eigenvalue weighted by molar-refractivity contribution is 7.15. The third kappa shape index (κ3) is 3.47. The van der Waals surface area contributed by atoms with Crippen LogP contribution in [0.25, 0.3) is 10.6 Å². The molecule has 0 saturated carbocycles. The summed E-state index contributed by atoms with van der Waals surface area (Å²) >= 11 is 1.82. The Morgan fingerprint density at radius 3 is 2.45 bits per heavy atom. The maximum absolute atomic E-state index is 4.84. The minimum atomic E-state index is 0.579. The van der Waals surface area contributed by atoms with Crippen LogP contribution in [0.5, 0.6) is 0 Å². The van der Waals surface area contributed by atoms with Gasteiger partial charge in [0.15, 0.2) is 0 Å². The second-order valence-corrected chi connectivity index (χ2v) is 6.53. The van der Waals surface area contributed by atoms with E-state index in [1.54, 1.807) is 0 Å². The number of aromatic nitrogens is 1. The summed E-state index contributed by atoms with van der Waals surface area (Å²) in [5.74, 6) is 0.579. The molecular weight excluding hydrogens is 264 g/mol. The molecule has 20 heavy (non-hydrogen) atoms. The van der Waals surface area contributed by atoms with Gasteiger partial charge in [-0.15, -0.1) is 11.3 Å². The number of thiazole rings is 1. The Hall–Kier alpha value is -1.19. The molecule has 0 radical (unpaired) electrons. The lowest BCUT2D eigenvalue weighted by atomic mass is 10.0. The summed E-state index contributed by atoms with van der Waals surface area (Å²) in [7, 11) is 1.99. The van der Waals surface area contributed by atoms with E-state index in [0.717, 1.165) is 24.4 Å². The van der Waals surface area contributed by atoms with Gasteiger partial charge in [0.2, 0.25) is 0 Å². The summed E-state index contributed by atoms with van der Waals surface area (Å²) in [6.07, 6.45) is 2.21.